The average molecular weight is 290 g/mol. The Labute approximate surface area is 121 Å². The molecular weight excluding hydrogens is 272 g/mol. The highest BCUT2D eigenvalue weighted by Crippen LogP contribution is 2.12. The predicted molar refractivity (Wildman–Crippen MR) is 75.9 cm³/mol. The lowest BCUT2D eigenvalue weighted by atomic mass is 10.2. The molecule has 7 nitrogen and oxygen atoms in total. The van der Waals surface area contributed by atoms with E-state index in [-0.39, 0.29) is 18.0 Å². The van der Waals surface area contributed by atoms with E-state index in [4.69, 9.17) is 5.26 Å². The van der Waals surface area contributed by atoms with Crippen LogP contribution in [0.4, 0.5) is 0 Å². The van der Waals surface area contributed by atoms with E-state index in [1.807, 2.05) is 13.0 Å². The topological polar surface area (TPSA) is 96.9 Å². The van der Waals surface area contributed by atoms with Crippen molar-refractivity contribution in [3.8, 4) is 6.07 Å². The van der Waals surface area contributed by atoms with Gasteiger partial charge in [-0.25, -0.2) is 9.36 Å². The van der Waals surface area contributed by atoms with Gasteiger partial charge in [-0.05, 0) is 19.3 Å². The zero-order valence-electron chi connectivity index (χ0n) is 12.0. The number of carbonyl (C=O) groups is 1. The van der Waals surface area contributed by atoms with Gasteiger partial charge in [0.15, 0.2) is 0 Å². The first kappa shape index (κ1) is 15.0. The van der Waals surface area contributed by atoms with E-state index in [1.54, 1.807) is 0 Å². The van der Waals surface area contributed by atoms with Crippen LogP contribution in [0.25, 0.3) is 0 Å². The van der Waals surface area contributed by atoms with Crippen LogP contribution < -0.4 is 16.6 Å². The minimum atomic E-state index is -0.665. The van der Waals surface area contributed by atoms with Gasteiger partial charge in [0.2, 0.25) is 5.91 Å². The monoisotopic (exact) mass is 290 g/mol. The molecule has 0 unspecified atom stereocenters. The molecule has 112 valence electrons. The number of nitriles is 1. The van der Waals surface area contributed by atoms with Crippen LogP contribution in [0.1, 0.15) is 37.4 Å². The van der Waals surface area contributed by atoms with Gasteiger partial charge in [0.05, 0.1) is 0 Å². The first-order valence-corrected chi connectivity index (χ1v) is 7.13. The summed E-state index contributed by atoms with van der Waals surface area (Å²) < 4.78 is 2.29. The van der Waals surface area contributed by atoms with Gasteiger partial charge in [-0.3, -0.25) is 14.2 Å². The fourth-order valence-corrected chi connectivity index (χ4v) is 2.49. The standard InChI is InChI=1S/C14H18N4O3/c1-2-3-6-16-12(19)9-18-13(20)10(8-15)11-5-4-7-17(11)14(18)21/h2-7,9H2,1H3,(H,16,19). The van der Waals surface area contributed by atoms with Gasteiger partial charge < -0.3 is 5.32 Å². The molecule has 0 spiro atoms. The van der Waals surface area contributed by atoms with Gasteiger partial charge in [-0.2, -0.15) is 5.26 Å². The van der Waals surface area contributed by atoms with Crippen molar-refractivity contribution in [2.45, 2.75) is 45.7 Å². The van der Waals surface area contributed by atoms with Crippen molar-refractivity contribution in [2.75, 3.05) is 6.54 Å². The summed E-state index contributed by atoms with van der Waals surface area (Å²) in [6.07, 6.45) is 3.07. The first-order valence-electron chi connectivity index (χ1n) is 7.13. The molecule has 0 saturated carbocycles. The lowest BCUT2D eigenvalue weighted by Gasteiger charge is -2.11. The normalized spacial score (nSPS) is 12.8. The molecule has 1 aromatic heterocycles. The van der Waals surface area contributed by atoms with Gasteiger partial charge in [-0.1, -0.05) is 13.3 Å². The highest BCUT2D eigenvalue weighted by atomic mass is 16.2. The third-order valence-corrected chi connectivity index (χ3v) is 3.60. The van der Waals surface area contributed by atoms with Crippen molar-refractivity contribution < 1.29 is 4.79 Å². The number of rotatable bonds is 5. The van der Waals surface area contributed by atoms with E-state index in [1.165, 1.54) is 4.57 Å². The molecule has 2 rings (SSSR count). The first-order chi connectivity index (χ1) is 10.1. The fraction of sp³-hybridized carbons (Fsp3) is 0.571. The fourth-order valence-electron chi connectivity index (χ4n) is 2.49. The van der Waals surface area contributed by atoms with E-state index in [9.17, 15) is 14.4 Å². The molecule has 0 saturated heterocycles. The van der Waals surface area contributed by atoms with Crippen molar-refractivity contribution in [3.05, 3.63) is 32.1 Å². The van der Waals surface area contributed by atoms with Gasteiger partial charge >= 0.3 is 5.69 Å². The molecule has 7 heteroatoms. The predicted octanol–water partition coefficient (Wildman–Crippen LogP) is -0.256. The maximum atomic E-state index is 12.3. The number of nitrogens with one attached hydrogen (secondary N) is 1. The van der Waals surface area contributed by atoms with Crippen LogP contribution in [0, 0.1) is 11.3 Å². The Balaban J connectivity index is 2.33. The Morgan fingerprint density at radius 2 is 2.19 bits per heavy atom. The number of nitrogens with zero attached hydrogens (tertiary/aromatic N) is 3. The average Bonchev–Trinajstić information content (AvgIpc) is 2.94. The second kappa shape index (κ2) is 6.39. The Hall–Kier alpha value is -2.36. The Morgan fingerprint density at radius 3 is 2.86 bits per heavy atom. The quantitative estimate of drug-likeness (QED) is 0.756. The highest BCUT2D eigenvalue weighted by molar-refractivity contribution is 5.75. The van der Waals surface area contributed by atoms with Crippen LogP contribution in [-0.2, 0) is 24.3 Å². The van der Waals surface area contributed by atoms with Gasteiger partial charge in [0, 0.05) is 18.8 Å². The number of hydrogen-bond donors (Lipinski definition) is 1. The second-order valence-corrected chi connectivity index (χ2v) is 5.07. The smallest absolute Gasteiger partial charge is 0.331 e. The van der Waals surface area contributed by atoms with Crippen LogP contribution in [-0.4, -0.2) is 21.6 Å². The molecule has 1 aliphatic heterocycles. The van der Waals surface area contributed by atoms with E-state index >= 15 is 0 Å². The lowest BCUT2D eigenvalue weighted by Crippen LogP contribution is -2.45. The largest absolute Gasteiger partial charge is 0.355 e. The van der Waals surface area contributed by atoms with Crippen molar-refractivity contribution in [2.24, 2.45) is 0 Å². The number of amides is 1. The molecule has 21 heavy (non-hydrogen) atoms. The highest BCUT2D eigenvalue weighted by Gasteiger charge is 2.23. The van der Waals surface area contributed by atoms with Crippen molar-refractivity contribution in [3.63, 3.8) is 0 Å². The SMILES string of the molecule is CCCCNC(=O)Cn1c(=O)c(C#N)c2n(c1=O)CCC2. The van der Waals surface area contributed by atoms with E-state index in [0.29, 0.717) is 25.2 Å². The molecule has 0 radical (unpaired) electrons. The Bertz CT molecular complexity index is 709. The minimum absolute atomic E-state index is 0.0199. The Morgan fingerprint density at radius 1 is 1.43 bits per heavy atom. The molecule has 1 N–H and O–H groups in total. The zero-order valence-corrected chi connectivity index (χ0v) is 12.0. The van der Waals surface area contributed by atoms with Gasteiger partial charge in [-0.15, -0.1) is 0 Å². The summed E-state index contributed by atoms with van der Waals surface area (Å²) in [5.74, 6) is -0.384. The van der Waals surface area contributed by atoms with Gasteiger partial charge in [0.1, 0.15) is 18.2 Å². The molecule has 1 aromatic rings. The van der Waals surface area contributed by atoms with Crippen LogP contribution in [0.3, 0.4) is 0 Å². The Kier molecular flexibility index (Phi) is 4.58. The van der Waals surface area contributed by atoms with Gasteiger partial charge in [0.25, 0.3) is 5.56 Å². The summed E-state index contributed by atoms with van der Waals surface area (Å²) in [6, 6.07) is 1.86. The second-order valence-electron chi connectivity index (χ2n) is 5.07. The van der Waals surface area contributed by atoms with Crippen LogP contribution in [0.2, 0.25) is 0 Å². The molecule has 0 bridgehead atoms. The molecule has 0 atom stereocenters. The summed E-state index contributed by atoms with van der Waals surface area (Å²) in [7, 11) is 0. The third kappa shape index (κ3) is 2.89. The summed E-state index contributed by atoms with van der Waals surface area (Å²) in [6.45, 7) is 2.67. The molecule has 2 heterocycles. The summed E-state index contributed by atoms with van der Waals surface area (Å²) in [5, 5.41) is 11.8. The van der Waals surface area contributed by atoms with Crippen molar-refractivity contribution >= 4 is 5.91 Å². The maximum absolute atomic E-state index is 12.3. The summed E-state index contributed by atoms with van der Waals surface area (Å²) in [5.41, 5.74) is -0.693. The zero-order chi connectivity index (χ0) is 15.4. The van der Waals surface area contributed by atoms with E-state index < -0.39 is 11.2 Å². The van der Waals surface area contributed by atoms with Crippen LogP contribution in [0.15, 0.2) is 9.59 Å². The molecule has 0 aromatic carbocycles. The lowest BCUT2D eigenvalue weighted by molar-refractivity contribution is -0.121. The molecule has 0 aliphatic carbocycles. The minimum Gasteiger partial charge on any atom is -0.355 e. The third-order valence-electron chi connectivity index (χ3n) is 3.60. The maximum Gasteiger partial charge on any atom is 0.331 e. The molecular formula is C14H18N4O3. The van der Waals surface area contributed by atoms with Crippen molar-refractivity contribution in [1.29, 1.82) is 5.26 Å². The number of unbranched alkanes of at least 4 members (excludes halogenated alkanes) is 1. The van der Waals surface area contributed by atoms with Crippen LogP contribution >= 0.6 is 0 Å². The molecule has 0 fully saturated rings. The number of carbonyl (C=O) groups excluding carboxylic acids is 1. The summed E-state index contributed by atoms with van der Waals surface area (Å²) in [4.78, 5) is 36.2. The molecule has 1 aliphatic rings. The number of fused-ring (bicyclic) bond motifs is 1. The number of hydrogen-bond acceptors (Lipinski definition) is 4. The van der Waals surface area contributed by atoms with E-state index in [2.05, 4.69) is 5.32 Å². The van der Waals surface area contributed by atoms with E-state index in [0.717, 1.165) is 23.8 Å². The number of aromatic nitrogens is 2. The van der Waals surface area contributed by atoms with Crippen LogP contribution in [0.5, 0.6) is 0 Å². The van der Waals surface area contributed by atoms with Crippen molar-refractivity contribution in [1.82, 2.24) is 14.5 Å². The summed E-state index contributed by atoms with van der Waals surface area (Å²) >= 11 is 0. The molecule has 1 amide bonds.